The van der Waals surface area contributed by atoms with E-state index in [9.17, 15) is 0 Å². The zero-order valence-electron chi connectivity index (χ0n) is 10.3. The Hall–Kier alpha value is -0.0800. The highest BCUT2D eigenvalue weighted by Gasteiger charge is 2.47. The fraction of sp³-hybridized carbons (Fsp3) is 1.00. The molecule has 2 heteroatoms. The van der Waals surface area contributed by atoms with Gasteiger partial charge < -0.3 is 11.1 Å². The Morgan fingerprint density at radius 1 is 1.27 bits per heavy atom. The van der Waals surface area contributed by atoms with E-state index in [4.69, 9.17) is 5.73 Å². The van der Waals surface area contributed by atoms with Crippen molar-refractivity contribution in [2.24, 2.45) is 17.1 Å². The van der Waals surface area contributed by atoms with Gasteiger partial charge in [-0.3, -0.25) is 0 Å². The SMILES string of the molecule is CC1(C)CCCC1(CN)NCCC1CC1. The van der Waals surface area contributed by atoms with Crippen molar-refractivity contribution in [1.29, 1.82) is 0 Å². The maximum absolute atomic E-state index is 6.01. The predicted molar refractivity (Wildman–Crippen MR) is 64.8 cm³/mol. The molecule has 2 rings (SSSR count). The average Bonchev–Trinajstić information content (AvgIpc) is 2.94. The third kappa shape index (κ3) is 2.21. The summed E-state index contributed by atoms with van der Waals surface area (Å²) in [4.78, 5) is 0. The van der Waals surface area contributed by atoms with E-state index in [-0.39, 0.29) is 5.54 Å². The molecule has 0 radical (unpaired) electrons. The first-order valence-electron chi connectivity index (χ1n) is 6.55. The predicted octanol–water partition coefficient (Wildman–Crippen LogP) is 2.28. The van der Waals surface area contributed by atoms with Crippen molar-refractivity contribution in [3.63, 3.8) is 0 Å². The van der Waals surface area contributed by atoms with Gasteiger partial charge in [0.15, 0.2) is 0 Å². The first kappa shape index (κ1) is 11.4. The van der Waals surface area contributed by atoms with E-state index in [0.717, 1.165) is 12.5 Å². The Morgan fingerprint density at radius 2 is 2.00 bits per heavy atom. The van der Waals surface area contributed by atoms with Crippen LogP contribution in [0.2, 0.25) is 0 Å². The molecule has 2 saturated carbocycles. The molecule has 0 heterocycles. The van der Waals surface area contributed by atoms with E-state index < -0.39 is 0 Å². The summed E-state index contributed by atoms with van der Waals surface area (Å²) in [6.45, 7) is 6.71. The van der Waals surface area contributed by atoms with E-state index >= 15 is 0 Å². The van der Waals surface area contributed by atoms with Gasteiger partial charge >= 0.3 is 0 Å². The molecule has 0 saturated heterocycles. The Labute approximate surface area is 94.0 Å². The highest BCUT2D eigenvalue weighted by Crippen LogP contribution is 2.45. The van der Waals surface area contributed by atoms with E-state index in [1.165, 1.54) is 45.1 Å². The van der Waals surface area contributed by atoms with Gasteiger partial charge in [-0.25, -0.2) is 0 Å². The first-order chi connectivity index (χ1) is 7.10. The summed E-state index contributed by atoms with van der Waals surface area (Å²) in [6.07, 6.45) is 8.20. The Kier molecular flexibility index (Phi) is 3.09. The molecule has 0 amide bonds. The summed E-state index contributed by atoms with van der Waals surface area (Å²) < 4.78 is 0. The summed E-state index contributed by atoms with van der Waals surface area (Å²) in [5.41, 5.74) is 6.62. The molecular weight excluding hydrogens is 184 g/mol. The lowest BCUT2D eigenvalue weighted by Gasteiger charge is -2.42. The Bertz CT molecular complexity index is 221. The largest absolute Gasteiger partial charge is 0.329 e. The maximum atomic E-state index is 6.01. The molecule has 2 aliphatic rings. The maximum Gasteiger partial charge on any atom is 0.0355 e. The summed E-state index contributed by atoms with van der Waals surface area (Å²) in [7, 11) is 0. The topological polar surface area (TPSA) is 38.0 Å². The van der Waals surface area contributed by atoms with Crippen molar-refractivity contribution in [3.8, 4) is 0 Å². The highest BCUT2D eigenvalue weighted by atomic mass is 15.0. The molecule has 0 aromatic carbocycles. The molecule has 2 aliphatic carbocycles. The number of hydrogen-bond acceptors (Lipinski definition) is 2. The van der Waals surface area contributed by atoms with Crippen LogP contribution in [0.5, 0.6) is 0 Å². The summed E-state index contributed by atoms with van der Waals surface area (Å²) in [5.74, 6) is 1.02. The molecule has 0 bridgehead atoms. The fourth-order valence-electron chi connectivity index (χ4n) is 3.11. The second-order valence-corrected chi connectivity index (χ2v) is 6.18. The van der Waals surface area contributed by atoms with Crippen LogP contribution >= 0.6 is 0 Å². The van der Waals surface area contributed by atoms with Gasteiger partial charge in [-0.1, -0.05) is 33.1 Å². The minimum atomic E-state index is 0.224. The van der Waals surface area contributed by atoms with E-state index in [1.54, 1.807) is 0 Å². The van der Waals surface area contributed by atoms with Gasteiger partial charge in [-0.2, -0.15) is 0 Å². The summed E-state index contributed by atoms with van der Waals surface area (Å²) >= 11 is 0. The van der Waals surface area contributed by atoms with E-state index in [1.807, 2.05) is 0 Å². The molecule has 0 aromatic heterocycles. The molecule has 0 spiro atoms. The molecule has 15 heavy (non-hydrogen) atoms. The van der Waals surface area contributed by atoms with Crippen LogP contribution in [0.15, 0.2) is 0 Å². The quantitative estimate of drug-likeness (QED) is 0.730. The normalized spacial score (nSPS) is 34.6. The van der Waals surface area contributed by atoms with Crippen molar-refractivity contribution >= 4 is 0 Å². The van der Waals surface area contributed by atoms with Crippen LogP contribution in [0.25, 0.3) is 0 Å². The number of nitrogens with one attached hydrogen (secondary N) is 1. The van der Waals surface area contributed by atoms with Crippen LogP contribution < -0.4 is 11.1 Å². The zero-order chi connectivity index (χ0) is 10.9. The molecular formula is C13H26N2. The van der Waals surface area contributed by atoms with Crippen molar-refractivity contribution in [1.82, 2.24) is 5.32 Å². The first-order valence-corrected chi connectivity index (χ1v) is 6.55. The molecule has 2 fully saturated rings. The lowest BCUT2D eigenvalue weighted by atomic mass is 9.75. The average molecular weight is 210 g/mol. The second-order valence-electron chi connectivity index (χ2n) is 6.18. The number of rotatable bonds is 5. The standard InChI is InChI=1S/C13H26N2/c1-12(2)7-3-8-13(12,10-14)15-9-6-11-4-5-11/h11,15H,3-10,14H2,1-2H3. The van der Waals surface area contributed by atoms with Gasteiger partial charge in [0.1, 0.15) is 0 Å². The zero-order valence-corrected chi connectivity index (χ0v) is 10.3. The van der Waals surface area contributed by atoms with Crippen LogP contribution in [-0.2, 0) is 0 Å². The second kappa shape index (κ2) is 4.06. The molecule has 2 nitrogen and oxygen atoms in total. The van der Waals surface area contributed by atoms with Crippen LogP contribution in [0, 0.1) is 11.3 Å². The lowest BCUT2D eigenvalue weighted by Crippen LogP contribution is -2.58. The van der Waals surface area contributed by atoms with Gasteiger partial charge in [-0.05, 0) is 37.1 Å². The van der Waals surface area contributed by atoms with Gasteiger partial charge in [0.05, 0.1) is 0 Å². The molecule has 0 aromatic rings. The van der Waals surface area contributed by atoms with Crippen molar-refractivity contribution in [2.45, 2.75) is 57.9 Å². The van der Waals surface area contributed by atoms with Gasteiger partial charge in [0, 0.05) is 12.1 Å². The molecule has 0 aliphatic heterocycles. The van der Waals surface area contributed by atoms with Gasteiger partial charge in [0.25, 0.3) is 0 Å². The smallest absolute Gasteiger partial charge is 0.0355 e. The van der Waals surface area contributed by atoms with Crippen molar-refractivity contribution in [2.75, 3.05) is 13.1 Å². The Morgan fingerprint density at radius 3 is 2.47 bits per heavy atom. The lowest BCUT2D eigenvalue weighted by molar-refractivity contribution is 0.163. The van der Waals surface area contributed by atoms with Crippen LogP contribution in [0.1, 0.15) is 52.4 Å². The third-order valence-electron chi connectivity index (χ3n) is 4.76. The summed E-state index contributed by atoms with van der Waals surface area (Å²) in [5, 5.41) is 3.78. The van der Waals surface area contributed by atoms with E-state index in [2.05, 4.69) is 19.2 Å². The van der Waals surface area contributed by atoms with Gasteiger partial charge in [-0.15, -0.1) is 0 Å². The summed E-state index contributed by atoms with van der Waals surface area (Å²) in [6, 6.07) is 0. The van der Waals surface area contributed by atoms with Gasteiger partial charge in [0.2, 0.25) is 0 Å². The van der Waals surface area contributed by atoms with Crippen LogP contribution in [0.3, 0.4) is 0 Å². The molecule has 1 unspecified atom stereocenters. The fourth-order valence-corrected chi connectivity index (χ4v) is 3.11. The minimum Gasteiger partial charge on any atom is -0.329 e. The van der Waals surface area contributed by atoms with Crippen molar-refractivity contribution < 1.29 is 0 Å². The monoisotopic (exact) mass is 210 g/mol. The molecule has 3 N–H and O–H groups in total. The third-order valence-corrected chi connectivity index (χ3v) is 4.76. The molecule has 1 atom stereocenters. The van der Waals surface area contributed by atoms with Crippen molar-refractivity contribution in [3.05, 3.63) is 0 Å². The van der Waals surface area contributed by atoms with Crippen LogP contribution in [0.4, 0.5) is 0 Å². The van der Waals surface area contributed by atoms with E-state index in [0.29, 0.717) is 5.41 Å². The Balaban J connectivity index is 1.88. The molecule has 88 valence electrons. The number of hydrogen-bond donors (Lipinski definition) is 2. The minimum absolute atomic E-state index is 0.224. The van der Waals surface area contributed by atoms with Crippen LogP contribution in [-0.4, -0.2) is 18.6 Å². The highest BCUT2D eigenvalue weighted by molar-refractivity contribution is 5.05. The number of nitrogens with two attached hydrogens (primary N) is 1.